The van der Waals surface area contributed by atoms with E-state index < -0.39 is 0 Å². The molecule has 0 aliphatic carbocycles. The van der Waals surface area contributed by atoms with Gasteiger partial charge in [0.2, 0.25) is 0 Å². The van der Waals surface area contributed by atoms with E-state index in [9.17, 15) is 4.79 Å². The Hall–Kier alpha value is -1.37. The number of nitrogens with one attached hydrogen (secondary N) is 2. The number of hydrogen-bond acceptors (Lipinski definition) is 4. The molecule has 0 fully saturated rings. The van der Waals surface area contributed by atoms with E-state index in [0.717, 1.165) is 20.6 Å². The number of rotatable bonds is 4. The molecular formula is C13H14BrN3OS. The fraction of sp³-hybridized carbons (Fsp3) is 0.154. The van der Waals surface area contributed by atoms with Crippen LogP contribution in [0.5, 0.6) is 0 Å². The normalized spacial score (nSPS) is 10.3. The van der Waals surface area contributed by atoms with Gasteiger partial charge in [-0.2, -0.15) is 0 Å². The number of anilines is 1. The van der Waals surface area contributed by atoms with Gasteiger partial charge in [0.1, 0.15) is 0 Å². The molecule has 1 aromatic carbocycles. The smallest absolute Gasteiger partial charge is 0.251 e. The summed E-state index contributed by atoms with van der Waals surface area (Å²) in [7, 11) is 0. The van der Waals surface area contributed by atoms with Crippen molar-refractivity contribution in [3.63, 3.8) is 0 Å². The molecule has 0 unspecified atom stereocenters. The molecule has 4 nitrogen and oxygen atoms in total. The van der Waals surface area contributed by atoms with Gasteiger partial charge in [-0.25, -0.2) is 0 Å². The Kier molecular flexibility index (Phi) is 4.57. The predicted octanol–water partition coefficient (Wildman–Crippen LogP) is 3.03. The summed E-state index contributed by atoms with van der Waals surface area (Å²) in [4.78, 5) is 13.2. The molecule has 1 aromatic heterocycles. The summed E-state index contributed by atoms with van der Waals surface area (Å²) >= 11 is 5.05. The van der Waals surface area contributed by atoms with E-state index in [-0.39, 0.29) is 5.91 Å². The zero-order valence-corrected chi connectivity index (χ0v) is 12.8. The molecule has 0 bridgehead atoms. The average Bonchev–Trinajstić information content (AvgIpc) is 2.81. The van der Waals surface area contributed by atoms with E-state index in [1.807, 2.05) is 24.4 Å². The van der Waals surface area contributed by atoms with Crippen molar-refractivity contribution in [2.75, 3.05) is 5.43 Å². The minimum absolute atomic E-state index is 0.0821. The molecule has 2 rings (SSSR count). The first-order chi connectivity index (χ1) is 9.11. The van der Waals surface area contributed by atoms with Crippen LogP contribution in [0.1, 0.15) is 20.8 Å². The van der Waals surface area contributed by atoms with Crippen molar-refractivity contribution < 1.29 is 4.79 Å². The van der Waals surface area contributed by atoms with E-state index in [1.165, 1.54) is 0 Å². The topological polar surface area (TPSA) is 67.1 Å². The maximum absolute atomic E-state index is 12.1. The van der Waals surface area contributed by atoms with Crippen LogP contribution in [0.25, 0.3) is 0 Å². The third-order valence-electron chi connectivity index (χ3n) is 2.74. The van der Waals surface area contributed by atoms with Crippen LogP contribution in [0.4, 0.5) is 5.69 Å². The lowest BCUT2D eigenvalue weighted by Gasteiger charge is -2.09. The summed E-state index contributed by atoms with van der Waals surface area (Å²) < 4.78 is 1.03. The highest BCUT2D eigenvalue weighted by molar-refractivity contribution is 9.10. The van der Waals surface area contributed by atoms with Crippen molar-refractivity contribution in [2.45, 2.75) is 13.5 Å². The quantitative estimate of drug-likeness (QED) is 0.592. The van der Waals surface area contributed by atoms with Gasteiger partial charge in [-0.3, -0.25) is 10.6 Å². The molecule has 0 aliphatic heterocycles. The van der Waals surface area contributed by atoms with Crippen LogP contribution in [0.3, 0.4) is 0 Å². The maximum atomic E-state index is 12.1. The lowest BCUT2D eigenvalue weighted by molar-refractivity contribution is 0.0950. The van der Waals surface area contributed by atoms with Crippen molar-refractivity contribution >= 4 is 38.9 Å². The zero-order valence-electron chi connectivity index (χ0n) is 10.4. The van der Waals surface area contributed by atoms with Crippen LogP contribution < -0.4 is 16.6 Å². The molecule has 2 aromatic rings. The van der Waals surface area contributed by atoms with Gasteiger partial charge in [0.05, 0.1) is 6.54 Å². The molecule has 6 heteroatoms. The molecule has 0 radical (unpaired) electrons. The Morgan fingerprint density at radius 2 is 2.21 bits per heavy atom. The van der Waals surface area contributed by atoms with E-state index in [2.05, 4.69) is 26.7 Å². The molecule has 0 spiro atoms. The molecule has 0 saturated heterocycles. The second-order valence-corrected chi connectivity index (χ2v) is 5.90. The minimum Gasteiger partial charge on any atom is -0.347 e. The lowest BCUT2D eigenvalue weighted by atomic mass is 10.1. The fourth-order valence-electron chi connectivity index (χ4n) is 1.72. The number of nitrogen functional groups attached to an aromatic ring is 1. The average molecular weight is 340 g/mol. The van der Waals surface area contributed by atoms with Gasteiger partial charge in [-0.15, -0.1) is 11.3 Å². The number of carbonyl (C=O) groups is 1. The number of thiophene rings is 1. The number of aryl methyl sites for hydroxylation is 1. The molecule has 1 amide bonds. The van der Waals surface area contributed by atoms with Crippen LogP contribution in [0, 0.1) is 6.92 Å². The Labute approximate surface area is 124 Å². The van der Waals surface area contributed by atoms with Crippen LogP contribution in [0.2, 0.25) is 0 Å². The first-order valence-electron chi connectivity index (χ1n) is 5.69. The van der Waals surface area contributed by atoms with E-state index in [4.69, 9.17) is 5.84 Å². The molecule has 100 valence electrons. The molecule has 0 atom stereocenters. The van der Waals surface area contributed by atoms with E-state index in [1.54, 1.807) is 23.5 Å². The molecule has 4 N–H and O–H groups in total. The van der Waals surface area contributed by atoms with Crippen LogP contribution in [0.15, 0.2) is 34.1 Å². The van der Waals surface area contributed by atoms with E-state index in [0.29, 0.717) is 12.1 Å². The highest BCUT2D eigenvalue weighted by Crippen LogP contribution is 2.22. The number of carbonyl (C=O) groups excluding carboxylic acids is 1. The van der Waals surface area contributed by atoms with E-state index >= 15 is 0 Å². The van der Waals surface area contributed by atoms with Crippen LogP contribution in [-0.4, -0.2) is 5.91 Å². The first-order valence-corrected chi connectivity index (χ1v) is 7.36. The molecule has 1 heterocycles. The van der Waals surface area contributed by atoms with Crippen molar-refractivity contribution in [2.24, 2.45) is 5.84 Å². The van der Waals surface area contributed by atoms with Crippen LogP contribution in [-0.2, 0) is 6.54 Å². The third-order valence-corrected chi connectivity index (χ3v) is 4.66. The second-order valence-electron chi connectivity index (χ2n) is 4.05. The highest BCUT2D eigenvalue weighted by Gasteiger charge is 2.10. The maximum Gasteiger partial charge on any atom is 0.251 e. The first kappa shape index (κ1) is 14.0. The zero-order chi connectivity index (χ0) is 13.8. The largest absolute Gasteiger partial charge is 0.347 e. The van der Waals surface area contributed by atoms with Gasteiger partial charge >= 0.3 is 0 Å². The number of hydrazine groups is 1. The van der Waals surface area contributed by atoms with Gasteiger partial charge in [-0.1, -0.05) is 0 Å². The number of amides is 1. The van der Waals surface area contributed by atoms with Crippen molar-refractivity contribution in [3.05, 3.63) is 50.1 Å². The van der Waals surface area contributed by atoms with Crippen molar-refractivity contribution in [3.8, 4) is 0 Å². The Bertz CT molecular complexity index is 597. The summed E-state index contributed by atoms with van der Waals surface area (Å²) in [5.41, 5.74) is 4.89. The highest BCUT2D eigenvalue weighted by atomic mass is 79.9. The molecule has 0 saturated carbocycles. The van der Waals surface area contributed by atoms with Gasteiger partial charge in [-0.05, 0) is 58.1 Å². The summed E-state index contributed by atoms with van der Waals surface area (Å²) in [6.07, 6.45) is 0. The third kappa shape index (κ3) is 3.34. The predicted molar refractivity (Wildman–Crippen MR) is 82.2 cm³/mol. The summed E-state index contributed by atoms with van der Waals surface area (Å²) in [6, 6.07) is 7.36. The number of benzene rings is 1. The second kappa shape index (κ2) is 6.18. The van der Waals surface area contributed by atoms with Crippen molar-refractivity contribution in [1.29, 1.82) is 0 Å². The number of halogens is 1. The van der Waals surface area contributed by atoms with Gasteiger partial charge in [0.15, 0.2) is 0 Å². The summed E-state index contributed by atoms with van der Waals surface area (Å²) in [6.45, 7) is 2.41. The van der Waals surface area contributed by atoms with Crippen molar-refractivity contribution in [1.82, 2.24) is 5.32 Å². The SMILES string of the molecule is Cc1cc(NN)ccc1C(=O)NCc1sccc1Br. The summed E-state index contributed by atoms with van der Waals surface area (Å²) in [5, 5.41) is 4.89. The van der Waals surface area contributed by atoms with Gasteiger partial charge < -0.3 is 10.7 Å². The standard InChI is InChI=1S/C13H14BrN3OS/c1-8-6-9(17-15)2-3-10(8)13(18)16-7-12-11(14)4-5-19-12/h2-6,17H,7,15H2,1H3,(H,16,18). The number of hydrogen-bond donors (Lipinski definition) is 3. The Morgan fingerprint density at radius 3 is 2.79 bits per heavy atom. The molecule has 0 aliphatic rings. The molecular weight excluding hydrogens is 326 g/mol. The lowest BCUT2D eigenvalue weighted by Crippen LogP contribution is -2.23. The molecule has 19 heavy (non-hydrogen) atoms. The number of nitrogens with two attached hydrogens (primary N) is 1. The fourth-order valence-corrected chi connectivity index (χ4v) is 3.15. The monoisotopic (exact) mass is 339 g/mol. The summed E-state index contributed by atoms with van der Waals surface area (Å²) in [5.74, 6) is 5.25. The Morgan fingerprint density at radius 1 is 1.42 bits per heavy atom. The van der Waals surface area contributed by atoms with Crippen LogP contribution >= 0.6 is 27.3 Å². The van der Waals surface area contributed by atoms with Gasteiger partial charge in [0, 0.05) is 20.6 Å². The van der Waals surface area contributed by atoms with Gasteiger partial charge in [0.25, 0.3) is 5.91 Å². The minimum atomic E-state index is -0.0821. The Balaban J connectivity index is 2.06.